The van der Waals surface area contributed by atoms with E-state index in [1.165, 1.54) is 11.6 Å². The quantitative estimate of drug-likeness (QED) is 0.678. The second kappa shape index (κ2) is 8.14. The zero-order chi connectivity index (χ0) is 22.2. The summed E-state index contributed by atoms with van der Waals surface area (Å²) in [6, 6.07) is 3.25. The lowest BCUT2D eigenvalue weighted by Gasteiger charge is -2.19. The van der Waals surface area contributed by atoms with Gasteiger partial charge < -0.3 is 15.0 Å². The monoisotopic (exact) mass is 431 g/mol. The molecule has 0 unspecified atom stereocenters. The van der Waals surface area contributed by atoms with Crippen LogP contribution in [0.4, 0.5) is 20.4 Å². The first-order valence-corrected chi connectivity index (χ1v) is 9.96. The Bertz CT molecular complexity index is 1120. The maximum Gasteiger partial charge on any atom is 0.303 e. The molecule has 0 radical (unpaired) electrons. The number of hydrogen-bond donors (Lipinski definition) is 1. The number of fused-ring (bicyclic) bond motifs is 1. The summed E-state index contributed by atoms with van der Waals surface area (Å²) in [5, 5.41) is 8.07. The van der Waals surface area contributed by atoms with Gasteiger partial charge in [0, 0.05) is 57.6 Å². The summed E-state index contributed by atoms with van der Waals surface area (Å²) in [5.74, 6) is -2.84. The van der Waals surface area contributed by atoms with Gasteiger partial charge in [-0.3, -0.25) is 4.79 Å². The summed E-state index contributed by atoms with van der Waals surface area (Å²) in [4.78, 5) is 25.8. The Morgan fingerprint density at radius 1 is 1.23 bits per heavy atom. The minimum absolute atomic E-state index is 0.214. The Kier molecular flexibility index (Phi) is 5.52. The van der Waals surface area contributed by atoms with E-state index in [0.29, 0.717) is 42.6 Å². The summed E-state index contributed by atoms with van der Waals surface area (Å²) in [5.41, 5.74) is 0.980. The summed E-state index contributed by atoms with van der Waals surface area (Å²) in [6.07, 6.45) is 2.46. The lowest BCUT2D eigenvalue weighted by Crippen LogP contribution is -2.26. The fourth-order valence-corrected chi connectivity index (χ4v) is 3.47. The van der Waals surface area contributed by atoms with Crippen LogP contribution in [-0.2, 0) is 15.5 Å². The minimum Gasteiger partial charge on any atom is -0.380 e. The Balaban J connectivity index is 1.91. The molecule has 3 aromatic rings. The van der Waals surface area contributed by atoms with Crippen molar-refractivity contribution in [2.45, 2.75) is 33.1 Å². The van der Waals surface area contributed by atoms with Gasteiger partial charge in [0.05, 0.1) is 17.5 Å². The van der Waals surface area contributed by atoms with Gasteiger partial charge in [-0.2, -0.15) is 8.78 Å². The molecule has 1 aliphatic heterocycles. The summed E-state index contributed by atoms with van der Waals surface area (Å²) < 4.78 is 34.9. The predicted octanol–water partition coefficient (Wildman–Crippen LogP) is 2.82. The maximum absolute atomic E-state index is 14.0. The van der Waals surface area contributed by atoms with Crippen molar-refractivity contribution >= 4 is 28.4 Å². The van der Waals surface area contributed by atoms with E-state index in [9.17, 15) is 13.6 Å². The number of carbonyl (C=O) groups is 1. The standard InChI is InChI=1S/C20H23F2N7O2/c1-12-9-17(26-19(24-12)20(3,21)22)29-15-10-16(25-13(2)30)23-11-14(15)18(27-29)28-5-4-7-31-8-6-28/h9-11H,4-8H2,1-3H3,(H,23,25,30). The molecule has 4 heterocycles. The molecule has 0 atom stereocenters. The normalized spacial score (nSPS) is 15.2. The molecule has 0 bridgehead atoms. The SMILES string of the molecule is CC(=O)Nc1cc2c(cn1)c(N1CCCOCC1)nn2-c1cc(C)nc(C(C)(F)F)n1. The first kappa shape index (κ1) is 21.0. The first-order chi connectivity index (χ1) is 14.7. The highest BCUT2D eigenvalue weighted by Gasteiger charge is 2.30. The fraction of sp³-hybridized carbons (Fsp3) is 0.450. The van der Waals surface area contributed by atoms with Crippen LogP contribution in [0.2, 0.25) is 0 Å². The van der Waals surface area contributed by atoms with Crippen LogP contribution in [0, 0.1) is 6.92 Å². The van der Waals surface area contributed by atoms with E-state index < -0.39 is 11.7 Å². The third-order valence-electron chi connectivity index (χ3n) is 4.82. The minimum atomic E-state index is -3.20. The molecule has 0 aromatic carbocycles. The van der Waals surface area contributed by atoms with Gasteiger partial charge in [-0.05, 0) is 13.3 Å². The van der Waals surface area contributed by atoms with E-state index in [1.54, 1.807) is 25.3 Å². The van der Waals surface area contributed by atoms with Crippen molar-refractivity contribution in [3.63, 3.8) is 0 Å². The number of pyridine rings is 1. The molecule has 4 rings (SSSR count). The van der Waals surface area contributed by atoms with Gasteiger partial charge in [0.2, 0.25) is 11.7 Å². The van der Waals surface area contributed by atoms with E-state index in [0.717, 1.165) is 25.3 Å². The van der Waals surface area contributed by atoms with Gasteiger partial charge in [0.15, 0.2) is 11.6 Å². The average Bonchev–Trinajstić information content (AvgIpc) is 2.86. The molecule has 11 heteroatoms. The maximum atomic E-state index is 14.0. The molecule has 1 N–H and O–H groups in total. The zero-order valence-corrected chi connectivity index (χ0v) is 17.5. The molecule has 0 spiro atoms. The first-order valence-electron chi connectivity index (χ1n) is 9.96. The van der Waals surface area contributed by atoms with Gasteiger partial charge in [0.1, 0.15) is 5.82 Å². The number of aryl methyl sites for hydroxylation is 1. The smallest absolute Gasteiger partial charge is 0.303 e. The van der Waals surface area contributed by atoms with Crippen molar-refractivity contribution < 1.29 is 18.3 Å². The van der Waals surface area contributed by atoms with Crippen LogP contribution in [-0.4, -0.2) is 56.9 Å². The number of aromatic nitrogens is 5. The van der Waals surface area contributed by atoms with Crippen molar-refractivity contribution in [2.24, 2.45) is 0 Å². The predicted molar refractivity (Wildman–Crippen MR) is 111 cm³/mol. The Morgan fingerprint density at radius 2 is 2.03 bits per heavy atom. The second-order valence-corrected chi connectivity index (χ2v) is 7.54. The lowest BCUT2D eigenvalue weighted by atomic mass is 10.2. The van der Waals surface area contributed by atoms with Gasteiger partial charge in [-0.1, -0.05) is 0 Å². The fourth-order valence-electron chi connectivity index (χ4n) is 3.47. The van der Waals surface area contributed by atoms with Crippen molar-refractivity contribution in [3.05, 3.63) is 29.8 Å². The Labute approximate surface area is 177 Å². The summed E-state index contributed by atoms with van der Waals surface area (Å²) >= 11 is 0. The van der Waals surface area contributed by atoms with E-state index >= 15 is 0 Å². The van der Waals surface area contributed by atoms with E-state index in [-0.39, 0.29) is 11.7 Å². The van der Waals surface area contributed by atoms with Crippen LogP contribution < -0.4 is 10.2 Å². The third kappa shape index (κ3) is 4.46. The van der Waals surface area contributed by atoms with E-state index in [4.69, 9.17) is 9.84 Å². The van der Waals surface area contributed by atoms with Crippen molar-refractivity contribution in [1.29, 1.82) is 0 Å². The zero-order valence-electron chi connectivity index (χ0n) is 17.5. The number of amides is 1. The number of hydrogen-bond acceptors (Lipinski definition) is 7. The number of ether oxygens (including phenoxy) is 1. The molecular formula is C20H23F2N7O2. The number of nitrogens with one attached hydrogen (secondary N) is 1. The van der Waals surface area contributed by atoms with Crippen molar-refractivity contribution in [1.82, 2.24) is 24.7 Å². The highest BCUT2D eigenvalue weighted by molar-refractivity contribution is 5.95. The molecule has 1 saturated heterocycles. The van der Waals surface area contributed by atoms with E-state index in [1.807, 2.05) is 0 Å². The van der Waals surface area contributed by atoms with Crippen LogP contribution in [0.1, 0.15) is 31.8 Å². The second-order valence-electron chi connectivity index (χ2n) is 7.54. The van der Waals surface area contributed by atoms with Gasteiger partial charge >= 0.3 is 5.92 Å². The Morgan fingerprint density at radius 3 is 2.77 bits per heavy atom. The van der Waals surface area contributed by atoms with Crippen LogP contribution in [0.25, 0.3) is 16.7 Å². The molecule has 1 fully saturated rings. The van der Waals surface area contributed by atoms with Crippen LogP contribution in [0.5, 0.6) is 0 Å². The molecule has 1 amide bonds. The molecule has 9 nitrogen and oxygen atoms in total. The van der Waals surface area contributed by atoms with Crippen LogP contribution in [0.3, 0.4) is 0 Å². The molecule has 0 aliphatic carbocycles. The number of nitrogens with zero attached hydrogens (tertiary/aromatic N) is 6. The van der Waals surface area contributed by atoms with Crippen LogP contribution in [0.15, 0.2) is 18.3 Å². The molecule has 31 heavy (non-hydrogen) atoms. The van der Waals surface area contributed by atoms with Gasteiger partial charge in [0.25, 0.3) is 0 Å². The molecular weight excluding hydrogens is 408 g/mol. The number of carbonyl (C=O) groups excluding carboxylic acids is 1. The largest absolute Gasteiger partial charge is 0.380 e. The number of halogens is 2. The van der Waals surface area contributed by atoms with E-state index in [2.05, 4.69) is 25.2 Å². The highest BCUT2D eigenvalue weighted by Crippen LogP contribution is 2.31. The van der Waals surface area contributed by atoms with Crippen LogP contribution >= 0.6 is 0 Å². The topological polar surface area (TPSA) is 98.1 Å². The van der Waals surface area contributed by atoms with Crippen molar-refractivity contribution in [2.75, 3.05) is 36.5 Å². The number of alkyl halides is 2. The lowest BCUT2D eigenvalue weighted by molar-refractivity contribution is -0.114. The summed E-state index contributed by atoms with van der Waals surface area (Å²) in [6.45, 7) is 6.37. The number of rotatable bonds is 4. The highest BCUT2D eigenvalue weighted by atomic mass is 19.3. The average molecular weight is 431 g/mol. The molecule has 0 saturated carbocycles. The third-order valence-corrected chi connectivity index (χ3v) is 4.82. The van der Waals surface area contributed by atoms with Gasteiger partial charge in [-0.25, -0.2) is 19.6 Å². The van der Waals surface area contributed by atoms with Crippen molar-refractivity contribution in [3.8, 4) is 5.82 Å². The summed E-state index contributed by atoms with van der Waals surface area (Å²) in [7, 11) is 0. The van der Waals surface area contributed by atoms with Gasteiger partial charge in [-0.15, -0.1) is 5.10 Å². The molecule has 164 valence electrons. The number of anilines is 2. The molecule has 1 aliphatic rings. The molecule has 3 aromatic heterocycles. The Hall–Kier alpha value is -3.21.